The van der Waals surface area contributed by atoms with Gasteiger partial charge in [-0.2, -0.15) is 0 Å². The highest BCUT2D eigenvalue weighted by Crippen LogP contribution is 2.09. The van der Waals surface area contributed by atoms with Crippen LogP contribution in [0.2, 0.25) is 0 Å². The quantitative estimate of drug-likeness (QED) is 0.612. The van der Waals surface area contributed by atoms with E-state index in [2.05, 4.69) is 5.32 Å². The van der Waals surface area contributed by atoms with E-state index in [1.54, 1.807) is 28.9 Å². The number of carbonyl (C=O) groups excluding carboxylic acids is 2. The van der Waals surface area contributed by atoms with Gasteiger partial charge in [-0.05, 0) is 37.6 Å². The van der Waals surface area contributed by atoms with Crippen molar-refractivity contribution in [3.8, 4) is 0 Å². The summed E-state index contributed by atoms with van der Waals surface area (Å²) in [5.74, 6) is -0.0110. The number of hydrogen-bond donors (Lipinski definition) is 2. The van der Waals surface area contributed by atoms with Crippen molar-refractivity contribution in [2.75, 3.05) is 45.9 Å². The number of nitrogens with one attached hydrogen (secondary N) is 1. The van der Waals surface area contributed by atoms with E-state index in [0.29, 0.717) is 45.8 Å². The van der Waals surface area contributed by atoms with Crippen LogP contribution in [0.3, 0.4) is 0 Å². The molecule has 9 nitrogen and oxygen atoms in total. The minimum absolute atomic E-state index is 0.0110. The molecule has 1 aromatic rings. The Morgan fingerprint density at radius 2 is 1.70 bits per heavy atom. The second-order valence-electron chi connectivity index (χ2n) is 6.18. The molecule has 150 valence electrons. The first-order valence-corrected chi connectivity index (χ1v) is 10.4. The molecule has 0 radical (unpaired) electrons. The predicted molar refractivity (Wildman–Crippen MR) is 99.6 cm³/mol. The fourth-order valence-corrected chi connectivity index (χ4v) is 3.25. The number of nitrogens with zero attached hydrogens (tertiary/aromatic N) is 2. The molecule has 0 saturated carbocycles. The molecule has 1 aliphatic rings. The summed E-state index contributed by atoms with van der Waals surface area (Å²) in [5, 5.41) is 8.15. The summed E-state index contributed by atoms with van der Waals surface area (Å²) < 4.78 is 27.4. The Bertz CT molecular complexity index is 743. The molecule has 0 aromatic heterocycles. The highest BCUT2D eigenvalue weighted by molar-refractivity contribution is 7.89. The number of piperazine rings is 1. The molecule has 1 heterocycles. The first kappa shape index (κ1) is 21.1. The fraction of sp³-hybridized carbons (Fsp3) is 0.529. The summed E-state index contributed by atoms with van der Waals surface area (Å²) in [7, 11) is -3.68. The number of sulfonamides is 1. The molecule has 1 saturated heterocycles. The lowest BCUT2D eigenvalue weighted by atomic mass is 10.1. The summed E-state index contributed by atoms with van der Waals surface area (Å²) in [6.45, 7) is 4.84. The topological polar surface area (TPSA) is 122 Å². The van der Waals surface area contributed by atoms with Gasteiger partial charge < -0.3 is 19.9 Å². The van der Waals surface area contributed by atoms with Crippen molar-refractivity contribution in [1.29, 1.82) is 0 Å². The Morgan fingerprint density at radius 1 is 1.11 bits per heavy atom. The maximum absolute atomic E-state index is 12.2. The van der Waals surface area contributed by atoms with E-state index >= 15 is 0 Å². The van der Waals surface area contributed by atoms with Crippen molar-refractivity contribution in [3.05, 3.63) is 29.8 Å². The Labute approximate surface area is 159 Å². The summed E-state index contributed by atoms with van der Waals surface area (Å²) in [5.41, 5.74) is 0.949. The van der Waals surface area contributed by atoms with Crippen molar-refractivity contribution in [3.63, 3.8) is 0 Å². The second kappa shape index (κ2) is 9.67. The van der Waals surface area contributed by atoms with E-state index in [4.69, 9.17) is 9.88 Å². The van der Waals surface area contributed by atoms with E-state index in [-0.39, 0.29) is 23.4 Å². The van der Waals surface area contributed by atoms with Gasteiger partial charge in [-0.3, -0.25) is 4.79 Å². The van der Waals surface area contributed by atoms with Gasteiger partial charge >= 0.3 is 6.09 Å². The van der Waals surface area contributed by atoms with Gasteiger partial charge in [0, 0.05) is 26.2 Å². The smallest absolute Gasteiger partial charge is 0.409 e. The zero-order valence-electron chi connectivity index (χ0n) is 15.4. The van der Waals surface area contributed by atoms with Crippen LogP contribution < -0.4 is 10.5 Å². The van der Waals surface area contributed by atoms with Crippen LogP contribution in [0.15, 0.2) is 29.2 Å². The number of nitrogens with two attached hydrogens (primary N) is 1. The molecule has 1 fully saturated rings. The van der Waals surface area contributed by atoms with Gasteiger partial charge in [-0.1, -0.05) is 12.1 Å². The molecular weight excluding hydrogens is 372 g/mol. The Kier molecular flexibility index (Phi) is 7.57. The summed E-state index contributed by atoms with van der Waals surface area (Å²) >= 11 is 0. The van der Waals surface area contributed by atoms with Crippen molar-refractivity contribution in [1.82, 2.24) is 15.1 Å². The molecule has 2 amide bonds. The average Bonchev–Trinajstić information content (AvgIpc) is 2.65. The molecule has 1 aliphatic heterocycles. The standard InChI is InChI=1S/C17H26N4O5S/c1-2-26-17(23)21-11-9-20(10-12-21)16(22)13-19-8-7-14-3-5-15(6-4-14)27(18,24)25/h3-6,19H,2,7-13H2,1H3,(H2,18,24,25). The van der Waals surface area contributed by atoms with Crippen LogP contribution in [0.1, 0.15) is 12.5 Å². The molecule has 0 spiro atoms. The zero-order valence-corrected chi connectivity index (χ0v) is 16.2. The Hall–Kier alpha value is -2.17. The molecule has 0 atom stereocenters. The maximum Gasteiger partial charge on any atom is 0.409 e. The first-order chi connectivity index (χ1) is 12.8. The van der Waals surface area contributed by atoms with Gasteiger partial charge in [0.1, 0.15) is 0 Å². The van der Waals surface area contributed by atoms with Crippen LogP contribution in [-0.4, -0.2) is 76.1 Å². The van der Waals surface area contributed by atoms with Crippen molar-refractivity contribution in [2.45, 2.75) is 18.2 Å². The number of primary sulfonamides is 1. The molecular formula is C17H26N4O5S. The van der Waals surface area contributed by atoms with E-state index in [1.807, 2.05) is 0 Å². The highest BCUT2D eigenvalue weighted by atomic mass is 32.2. The van der Waals surface area contributed by atoms with Gasteiger partial charge in [0.2, 0.25) is 15.9 Å². The van der Waals surface area contributed by atoms with E-state index in [0.717, 1.165) is 5.56 Å². The van der Waals surface area contributed by atoms with Crippen molar-refractivity contribution in [2.24, 2.45) is 5.14 Å². The van der Waals surface area contributed by atoms with Crippen molar-refractivity contribution >= 4 is 22.0 Å². The van der Waals surface area contributed by atoms with Crippen LogP contribution in [-0.2, 0) is 26.0 Å². The van der Waals surface area contributed by atoms with Gasteiger partial charge in [-0.25, -0.2) is 18.4 Å². The first-order valence-electron chi connectivity index (χ1n) is 8.83. The molecule has 27 heavy (non-hydrogen) atoms. The number of amides is 2. The third-order valence-corrected chi connectivity index (χ3v) is 5.21. The predicted octanol–water partition coefficient (Wildman–Crippen LogP) is -0.233. The van der Waals surface area contributed by atoms with Crippen LogP contribution in [0.4, 0.5) is 4.79 Å². The molecule has 10 heteroatoms. The number of rotatable bonds is 7. The normalized spacial score (nSPS) is 14.9. The van der Waals surface area contributed by atoms with Crippen LogP contribution in [0, 0.1) is 0 Å². The van der Waals surface area contributed by atoms with Crippen LogP contribution in [0.25, 0.3) is 0 Å². The van der Waals surface area contributed by atoms with E-state index in [1.165, 1.54) is 12.1 Å². The molecule has 0 bridgehead atoms. The summed E-state index contributed by atoms with van der Waals surface area (Å²) in [6.07, 6.45) is 0.325. The van der Waals surface area contributed by atoms with Gasteiger partial charge in [0.15, 0.2) is 0 Å². The lowest BCUT2D eigenvalue weighted by molar-refractivity contribution is -0.131. The Balaban J connectivity index is 1.67. The largest absolute Gasteiger partial charge is 0.450 e. The van der Waals surface area contributed by atoms with E-state index < -0.39 is 10.0 Å². The van der Waals surface area contributed by atoms with Gasteiger partial charge in [0.25, 0.3) is 0 Å². The zero-order chi connectivity index (χ0) is 19.9. The average molecular weight is 398 g/mol. The highest BCUT2D eigenvalue weighted by Gasteiger charge is 2.24. The lowest BCUT2D eigenvalue weighted by Crippen LogP contribution is -2.52. The molecule has 3 N–H and O–H groups in total. The molecule has 0 aliphatic carbocycles. The number of carbonyl (C=O) groups is 2. The third-order valence-electron chi connectivity index (χ3n) is 4.28. The Morgan fingerprint density at radius 3 is 2.26 bits per heavy atom. The number of benzene rings is 1. The van der Waals surface area contributed by atoms with Crippen molar-refractivity contribution < 1.29 is 22.7 Å². The number of hydrogen-bond acceptors (Lipinski definition) is 6. The maximum atomic E-state index is 12.2. The van der Waals surface area contributed by atoms with Gasteiger partial charge in [-0.15, -0.1) is 0 Å². The summed E-state index contributed by atoms with van der Waals surface area (Å²) in [4.78, 5) is 27.3. The molecule has 0 unspecified atom stereocenters. The lowest BCUT2D eigenvalue weighted by Gasteiger charge is -2.34. The number of ether oxygens (including phenoxy) is 1. The van der Waals surface area contributed by atoms with Crippen LogP contribution >= 0.6 is 0 Å². The molecule has 2 rings (SSSR count). The minimum atomic E-state index is -3.68. The second-order valence-corrected chi connectivity index (χ2v) is 7.74. The fourth-order valence-electron chi connectivity index (χ4n) is 2.74. The minimum Gasteiger partial charge on any atom is -0.450 e. The summed E-state index contributed by atoms with van der Waals surface area (Å²) in [6, 6.07) is 6.35. The monoisotopic (exact) mass is 398 g/mol. The molecule has 1 aromatic carbocycles. The SMILES string of the molecule is CCOC(=O)N1CCN(C(=O)CNCCc2ccc(S(N)(=O)=O)cc2)CC1. The third kappa shape index (κ3) is 6.49. The van der Waals surface area contributed by atoms with Crippen LogP contribution in [0.5, 0.6) is 0 Å². The van der Waals surface area contributed by atoms with E-state index in [9.17, 15) is 18.0 Å². The van der Waals surface area contributed by atoms with Gasteiger partial charge in [0.05, 0.1) is 18.0 Å².